The minimum Gasteiger partial charge on any atom is -0.467 e. The van der Waals surface area contributed by atoms with Crippen LogP contribution in [0.1, 0.15) is 35.5 Å². The first-order chi connectivity index (χ1) is 15.2. The Morgan fingerprint density at radius 1 is 1.16 bits per heavy atom. The van der Waals surface area contributed by atoms with Crippen molar-refractivity contribution in [2.45, 2.75) is 37.5 Å². The van der Waals surface area contributed by atoms with Crippen LogP contribution in [0.5, 0.6) is 0 Å². The molecule has 6 nitrogen and oxygen atoms in total. The lowest BCUT2D eigenvalue weighted by Gasteiger charge is -2.19. The van der Waals surface area contributed by atoms with E-state index in [0.29, 0.717) is 21.5 Å². The number of nitrogens with zero attached hydrogens (tertiary/aromatic N) is 2. The van der Waals surface area contributed by atoms with Gasteiger partial charge in [-0.25, -0.2) is 13.4 Å². The van der Waals surface area contributed by atoms with Gasteiger partial charge in [0.15, 0.2) is 15.0 Å². The number of thiazole rings is 1. The van der Waals surface area contributed by atoms with Crippen molar-refractivity contribution in [1.29, 1.82) is 0 Å². The summed E-state index contributed by atoms with van der Waals surface area (Å²) in [6, 6.07) is 13.2. The average molecular weight is 489 g/mol. The monoisotopic (exact) mass is 488 g/mol. The van der Waals surface area contributed by atoms with Crippen LogP contribution in [0.4, 0.5) is 5.13 Å². The molecule has 4 aromatic rings. The van der Waals surface area contributed by atoms with Crippen LogP contribution in [0, 0.1) is 6.92 Å². The maximum Gasteiger partial charge on any atom is 0.260 e. The number of amides is 1. The largest absolute Gasteiger partial charge is 0.467 e. The molecule has 0 aliphatic carbocycles. The van der Waals surface area contributed by atoms with E-state index in [-0.39, 0.29) is 17.3 Å². The second-order valence-corrected chi connectivity index (χ2v) is 11.5. The Balaban J connectivity index is 1.74. The molecule has 1 amide bonds. The minimum atomic E-state index is -3.42. The molecule has 2 heterocycles. The van der Waals surface area contributed by atoms with Gasteiger partial charge in [0.1, 0.15) is 5.76 Å². The van der Waals surface area contributed by atoms with Gasteiger partial charge in [0.05, 0.1) is 33.2 Å². The molecular weight excluding hydrogens is 468 g/mol. The Kier molecular flexibility index (Phi) is 6.11. The summed E-state index contributed by atoms with van der Waals surface area (Å²) in [5.74, 6) is 0.295. The van der Waals surface area contributed by atoms with Crippen LogP contribution in [0.2, 0.25) is 5.02 Å². The molecule has 0 fully saturated rings. The molecule has 0 aliphatic heterocycles. The Morgan fingerprint density at radius 2 is 1.88 bits per heavy atom. The number of rotatable bonds is 6. The number of aromatic nitrogens is 1. The van der Waals surface area contributed by atoms with Gasteiger partial charge >= 0.3 is 0 Å². The SMILES string of the molecule is Cc1c(Cl)ccc2sc(N(Cc3ccco3)C(=O)c3ccc(S(=O)(=O)C(C)C)cc3)nc12. The van der Waals surface area contributed by atoms with Gasteiger partial charge in [0.2, 0.25) is 0 Å². The molecule has 9 heteroatoms. The quantitative estimate of drug-likeness (QED) is 0.338. The van der Waals surface area contributed by atoms with Gasteiger partial charge in [0.25, 0.3) is 5.91 Å². The normalized spacial score (nSPS) is 11.9. The maximum absolute atomic E-state index is 13.5. The summed E-state index contributed by atoms with van der Waals surface area (Å²) in [7, 11) is -3.42. The van der Waals surface area contributed by atoms with E-state index in [1.165, 1.54) is 40.5 Å². The van der Waals surface area contributed by atoms with E-state index in [4.69, 9.17) is 16.0 Å². The van der Waals surface area contributed by atoms with Gasteiger partial charge < -0.3 is 4.42 Å². The lowest BCUT2D eigenvalue weighted by atomic mass is 10.2. The molecule has 2 aromatic heterocycles. The number of sulfone groups is 1. The smallest absolute Gasteiger partial charge is 0.260 e. The fraction of sp³-hybridized carbons (Fsp3) is 0.217. The second kappa shape index (κ2) is 8.69. The summed E-state index contributed by atoms with van der Waals surface area (Å²) in [5.41, 5.74) is 1.95. The molecule has 166 valence electrons. The number of fused-ring (bicyclic) bond motifs is 1. The number of hydrogen-bond acceptors (Lipinski definition) is 6. The van der Waals surface area contributed by atoms with Crippen LogP contribution in [0.3, 0.4) is 0 Å². The van der Waals surface area contributed by atoms with Gasteiger partial charge in [-0.05, 0) is 74.9 Å². The van der Waals surface area contributed by atoms with E-state index in [1.807, 2.05) is 19.1 Å². The van der Waals surface area contributed by atoms with Crippen molar-refractivity contribution >= 4 is 54.0 Å². The summed E-state index contributed by atoms with van der Waals surface area (Å²) < 4.78 is 31.2. The standard InChI is InChI=1S/C23H21ClN2O4S2/c1-14(2)32(28,29)18-8-6-16(7-9-18)22(27)26(13-17-5-4-12-30-17)23-25-21-15(3)19(24)10-11-20(21)31-23/h4-12,14H,13H2,1-3H3. The van der Waals surface area contributed by atoms with Gasteiger partial charge in [-0.2, -0.15) is 0 Å². The van der Waals surface area contributed by atoms with E-state index in [9.17, 15) is 13.2 Å². The number of anilines is 1. The van der Waals surface area contributed by atoms with Gasteiger partial charge in [-0.3, -0.25) is 9.69 Å². The van der Waals surface area contributed by atoms with Crippen LogP contribution in [0.15, 0.2) is 64.1 Å². The summed E-state index contributed by atoms with van der Waals surface area (Å²) in [5, 5.41) is 0.572. The third kappa shape index (κ3) is 4.18. The number of furan rings is 1. The Bertz CT molecular complexity index is 1380. The highest BCUT2D eigenvalue weighted by Crippen LogP contribution is 2.35. The molecule has 0 unspecified atom stereocenters. The average Bonchev–Trinajstić information content (AvgIpc) is 3.44. The van der Waals surface area contributed by atoms with E-state index < -0.39 is 15.1 Å². The predicted molar refractivity (Wildman–Crippen MR) is 127 cm³/mol. The van der Waals surface area contributed by atoms with Crippen molar-refractivity contribution < 1.29 is 17.6 Å². The van der Waals surface area contributed by atoms with Gasteiger partial charge in [0, 0.05) is 10.6 Å². The second-order valence-electron chi connectivity index (χ2n) is 7.60. The van der Waals surface area contributed by atoms with Gasteiger partial charge in [-0.15, -0.1) is 0 Å². The van der Waals surface area contributed by atoms with Crippen molar-refractivity contribution in [2.75, 3.05) is 4.90 Å². The molecule has 2 aromatic carbocycles. The number of carbonyl (C=O) groups is 1. The van der Waals surface area contributed by atoms with Crippen LogP contribution in [0.25, 0.3) is 10.2 Å². The van der Waals surface area contributed by atoms with E-state index in [0.717, 1.165) is 15.8 Å². The fourth-order valence-corrected chi connectivity index (χ4v) is 5.44. The number of halogens is 1. The summed E-state index contributed by atoms with van der Waals surface area (Å²) in [6.45, 7) is 5.33. The van der Waals surface area contributed by atoms with Crippen molar-refractivity contribution in [1.82, 2.24) is 4.98 Å². The molecule has 32 heavy (non-hydrogen) atoms. The van der Waals surface area contributed by atoms with Crippen molar-refractivity contribution in [3.63, 3.8) is 0 Å². The minimum absolute atomic E-state index is 0.185. The third-order valence-electron chi connectivity index (χ3n) is 5.16. The summed E-state index contributed by atoms with van der Waals surface area (Å²) in [6.07, 6.45) is 1.55. The molecule has 4 rings (SSSR count). The zero-order valence-electron chi connectivity index (χ0n) is 17.7. The van der Waals surface area contributed by atoms with Crippen molar-refractivity contribution in [3.8, 4) is 0 Å². The fourth-order valence-electron chi connectivity index (χ4n) is 3.20. The van der Waals surface area contributed by atoms with E-state index in [2.05, 4.69) is 4.98 Å². The molecular formula is C23H21ClN2O4S2. The number of aryl methyl sites for hydroxylation is 1. The highest BCUT2D eigenvalue weighted by atomic mass is 35.5. The van der Waals surface area contributed by atoms with E-state index >= 15 is 0 Å². The first-order valence-electron chi connectivity index (χ1n) is 9.92. The molecule has 0 N–H and O–H groups in total. The van der Waals surface area contributed by atoms with E-state index in [1.54, 1.807) is 32.2 Å². The first kappa shape index (κ1) is 22.5. The Hall–Kier alpha value is -2.68. The molecule has 0 atom stereocenters. The lowest BCUT2D eigenvalue weighted by molar-refractivity contribution is 0.0983. The maximum atomic E-state index is 13.5. The third-order valence-corrected chi connectivity index (χ3v) is 8.78. The lowest BCUT2D eigenvalue weighted by Crippen LogP contribution is -2.30. The zero-order valence-corrected chi connectivity index (χ0v) is 20.1. The van der Waals surface area contributed by atoms with Crippen LogP contribution < -0.4 is 4.90 Å². The highest BCUT2D eigenvalue weighted by Gasteiger charge is 2.25. The predicted octanol–water partition coefficient (Wildman–Crippen LogP) is 5.88. The summed E-state index contributed by atoms with van der Waals surface area (Å²) >= 11 is 7.63. The number of carbonyl (C=O) groups excluding carboxylic acids is 1. The summed E-state index contributed by atoms with van der Waals surface area (Å²) in [4.78, 5) is 19.9. The topological polar surface area (TPSA) is 80.5 Å². The number of hydrogen-bond donors (Lipinski definition) is 0. The zero-order chi connectivity index (χ0) is 23.0. The molecule has 0 bridgehead atoms. The highest BCUT2D eigenvalue weighted by molar-refractivity contribution is 7.92. The van der Waals surface area contributed by atoms with Crippen LogP contribution in [-0.4, -0.2) is 24.6 Å². The Morgan fingerprint density at radius 3 is 2.50 bits per heavy atom. The first-order valence-corrected chi connectivity index (χ1v) is 12.7. The van der Waals surface area contributed by atoms with Crippen molar-refractivity contribution in [2.24, 2.45) is 0 Å². The number of benzene rings is 2. The molecule has 0 radical (unpaired) electrons. The Labute approximate surface area is 195 Å². The molecule has 0 aliphatic rings. The molecule has 0 spiro atoms. The van der Waals surface area contributed by atoms with Gasteiger partial charge in [-0.1, -0.05) is 22.9 Å². The molecule has 0 saturated carbocycles. The van der Waals surface area contributed by atoms with Crippen LogP contribution >= 0.6 is 22.9 Å². The van der Waals surface area contributed by atoms with Crippen molar-refractivity contribution in [3.05, 3.63) is 76.7 Å². The van der Waals surface area contributed by atoms with Crippen LogP contribution in [-0.2, 0) is 16.4 Å². The molecule has 0 saturated heterocycles.